The van der Waals surface area contributed by atoms with Crippen molar-refractivity contribution < 1.29 is 9.13 Å². The molecule has 2 unspecified atom stereocenters. The molecule has 0 aliphatic carbocycles. The van der Waals surface area contributed by atoms with Gasteiger partial charge >= 0.3 is 0 Å². The van der Waals surface area contributed by atoms with E-state index in [1.54, 1.807) is 13.2 Å². The van der Waals surface area contributed by atoms with Gasteiger partial charge in [-0.25, -0.2) is 4.39 Å². The summed E-state index contributed by atoms with van der Waals surface area (Å²) in [5.74, 6) is -0.183. The largest absolute Gasteiger partial charge is 0.383 e. The third kappa shape index (κ3) is 4.18. The van der Waals surface area contributed by atoms with Gasteiger partial charge in [-0.3, -0.25) is 0 Å². The summed E-state index contributed by atoms with van der Waals surface area (Å²) < 4.78 is 19.2. The van der Waals surface area contributed by atoms with Crippen LogP contribution >= 0.6 is 0 Å². The Kier molecular flexibility index (Phi) is 6.25. The van der Waals surface area contributed by atoms with Gasteiger partial charge < -0.3 is 15.4 Å². The molecule has 0 aromatic heterocycles. The number of likely N-dealkylation sites (N-methyl/N-ethyl adjacent to an activating group) is 1. The fourth-order valence-electron chi connectivity index (χ4n) is 2.39. The summed E-state index contributed by atoms with van der Waals surface area (Å²) in [4.78, 5) is 2.16. The zero-order valence-electron chi connectivity index (χ0n) is 12.3. The SMILES string of the molecule is CCN(c1cccc(F)c1CC(C)N)C(C)COC. The zero-order valence-corrected chi connectivity index (χ0v) is 12.3. The van der Waals surface area contributed by atoms with Crippen LogP contribution in [0.1, 0.15) is 26.3 Å². The number of benzene rings is 1. The molecule has 2 atom stereocenters. The van der Waals surface area contributed by atoms with Crippen molar-refractivity contribution in [1.29, 1.82) is 0 Å². The molecule has 1 rings (SSSR count). The van der Waals surface area contributed by atoms with Crippen molar-refractivity contribution in [2.24, 2.45) is 5.73 Å². The van der Waals surface area contributed by atoms with Crippen LogP contribution in [0.5, 0.6) is 0 Å². The van der Waals surface area contributed by atoms with Crippen LogP contribution in [0.4, 0.5) is 10.1 Å². The molecule has 2 N–H and O–H groups in total. The quantitative estimate of drug-likeness (QED) is 0.826. The van der Waals surface area contributed by atoms with Gasteiger partial charge in [-0.05, 0) is 39.3 Å². The molecule has 0 aliphatic rings. The van der Waals surface area contributed by atoms with E-state index in [4.69, 9.17) is 10.5 Å². The second kappa shape index (κ2) is 7.46. The van der Waals surface area contributed by atoms with Crippen molar-refractivity contribution >= 4 is 5.69 Å². The number of hydrogen-bond donors (Lipinski definition) is 1. The number of anilines is 1. The van der Waals surface area contributed by atoms with Crippen molar-refractivity contribution in [3.8, 4) is 0 Å². The van der Waals surface area contributed by atoms with E-state index < -0.39 is 0 Å². The van der Waals surface area contributed by atoms with Crippen LogP contribution in [0.15, 0.2) is 18.2 Å². The second-order valence-electron chi connectivity index (χ2n) is 5.01. The highest BCUT2D eigenvalue weighted by atomic mass is 19.1. The van der Waals surface area contributed by atoms with Gasteiger partial charge in [-0.2, -0.15) is 0 Å². The number of ether oxygens (including phenoxy) is 1. The molecule has 1 aromatic rings. The lowest BCUT2D eigenvalue weighted by molar-refractivity contribution is 0.182. The molecule has 19 heavy (non-hydrogen) atoms. The molecule has 108 valence electrons. The minimum atomic E-state index is -0.183. The van der Waals surface area contributed by atoms with E-state index in [2.05, 4.69) is 18.7 Å². The van der Waals surface area contributed by atoms with E-state index in [9.17, 15) is 4.39 Å². The second-order valence-corrected chi connectivity index (χ2v) is 5.01. The summed E-state index contributed by atoms with van der Waals surface area (Å²) in [6, 6.07) is 5.33. The lowest BCUT2D eigenvalue weighted by Gasteiger charge is -2.32. The predicted octanol–water partition coefficient (Wildman–Crippen LogP) is 2.58. The minimum absolute atomic E-state index is 0.0629. The van der Waals surface area contributed by atoms with Crippen LogP contribution in [0, 0.1) is 5.82 Å². The van der Waals surface area contributed by atoms with Crippen molar-refractivity contribution in [1.82, 2.24) is 0 Å². The van der Waals surface area contributed by atoms with E-state index in [1.807, 2.05) is 13.0 Å². The summed E-state index contributed by atoms with van der Waals surface area (Å²) in [5.41, 5.74) is 7.45. The number of methoxy groups -OCH3 is 1. The maximum Gasteiger partial charge on any atom is 0.128 e. The van der Waals surface area contributed by atoms with E-state index in [1.165, 1.54) is 6.07 Å². The molecule has 0 radical (unpaired) electrons. The lowest BCUT2D eigenvalue weighted by Crippen LogP contribution is -2.37. The number of nitrogens with two attached hydrogens (primary N) is 1. The maximum absolute atomic E-state index is 14.0. The summed E-state index contributed by atoms with van der Waals surface area (Å²) in [7, 11) is 1.68. The molecular formula is C15H25FN2O. The van der Waals surface area contributed by atoms with Gasteiger partial charge in [-0.15, -0.1) is 0 Å². The van der Waals surface area contributed by atoms with Gasteiger partial charge in [0.2, 0.25) is 0 Å². The van der Waals surface area contributed by atoms with Gasteiger partial charge in [-0.1, -0.05) is 6.07 Å². The van der Waals surface area contributed by atoms with Crippen LogP contribution in [-0.2, 0) is 11.2 Å². The number of rotatable bonds is 7. The fourth-order valence-corrected chi connectivity index (χ4v) is 2.39. The first kappa shape index (κ1) is 15.9. The van der Waals surface area contributed by atoms with Crippen LogP contribution in [0.2, 0.25) is 0 Å². The van der Waals surface area contributed by atoms with Crippen molar-refractivity contribution in [3.05, 3.63) is 29.6 Å². The Labute approximate surface area is 115 Å². The maximum atomic E-state index is 14.0. The van der Waals surface area contributed by atoms with E-state index >= 15 is 0 Å². The fraction of sp³-hybridized carbons (Fsp3) is 0.600. The van der Waals surface area contributed by atoms with Gasteiger partial charge in [0, 0.05) is 37.0 Å². The summed E-state index contributed by atoms with van der Waals surface area (Å²) in [5, 5.41) is 0. The third-order valence-corrected chi connectivity index (χ3v) is 3.21. The van der Waals surface area contributed by atoms with Gasteiger partial charge in [0.1, 0.15) is 5.82 Å². The first-order valence-corrected chi connectivity index (χ1v) is 6.79. The Hall–Kier alpha value is -1.13. The standard InChI is InChI=1S/C15H25FN2O/c1-5-18(12(3)10-19-4)15-8-6-7-14(16)13(15)9-11(2)17/h6-8,11-12H,5,9-10,17H2,1-4H3. The molecule has 3 nitrogen and oxygen atoms in total. The van der Waals surface area contributed by atoms with Crippen LogP contribution < -0.4 is 10.6 Å². The number of hydrogen-bond acceptors (Lipinski definition) is 3. The van der Waals surface area contributed by atoms with Gasteiger partial charge in [0.15, 0.2) is 0 Å². The molecule has 0 saturated heterocycles. The predicted molar refractivity (Wildman–Crippen MR) is 78.1 cm³/mol. The molecule has 0 aliphatic heterocycles. The highest BCUT2D eigenvalue weighted by Crippen LogP contribution is 2.26. The third-order valence-electron chi connectivity index (χ3n) is 3.21. The Morgan fingerprint density at radius 3 is 2.58 bits per heavy atom. The average molecular weight is 268 g/mol. The molecule has 0 amide bonds. The van der Waals surface area contributed by atoms with Crippen LogP contribution in [-0.4, -0.2) is 32.3 Å². The topological polar surface area (TPSA) is 38.5 Å². The molecule has 4 heteroatoms. The van der Waals surface area contributed by atoms with Crippen molar-refractivity contribution in [2.75, 3.05) is 25.2 Å². The Bertz CT molecular complexity index is 396. The van der Waals surface area contributed by atoms with E-state index in [-0.39, 0.29) is 17.9 Å². The van der Waals surface area contributed by atoms with Crippen LogP contribution in [0.25, 0.3) is 0 Å². The normalized spacial score (nSPS) is 14.2. The number of halogens is 1. The number of nitrogens with zero attached hydrogens (tertiary/aromatic N) is 1. The van der Waals surface area contributed by atoms with E-state index in [0.717, 1.165) is 12.2 Å². The first-order valence-electron chi connectivity index (χ1n) is 6.79. The van der Waals surface area contributed by atoms with Gasteiger partial charge in [0.25, 0.3) is 0 Å². The Balaban J connectivity index is 3.11. The average Bonchev–Trinajstić information content (AvgIpc) is 2.34. The molecule has 0 bridgehead atoms. The molecular weight excluding hydrogens is 243 g/mol. The Morgan fingerprint density at radius 1 is 1.37 bits per heavy atom. The van der Waals surface area contributed by atoms with Crippen molar-refractivity contribution in [3.63, 3.8) is 0 Å². The summed E-state index contributed by atoms with van der Waals surface area (Å²) in [6.45, 7) is 7.45. The zero-order chi connectivity index (χ0) is 14.4. The minimum Gasteiger partial charge on any atom is -0.383 e. The first-order chi connectivity index (χ1) is 9.01. The highest BCUT2D eigenvalue weighted by Gasteiger charge is 2.18. The van der Waals surface area contributed by atoms with E-state index in [0.29, 0.717) is 18.6 Å². The monoisotopic (exact) mass is 268 g/mol. The molecule has 0 fully saturated rings. The highest BCUT2D eigenvalue weighted by molar-refractivity contribution is 5.55. The molecule has 1 aromatic carbocycles. The molecule has 0 saturated carbocycles. The molecule has 0 spiro atoms. The summed E-state index contributed by atoms with van der Waals surface area (Å²) in [6.07, 6.45) is 0.540. The smallest absolute Gasteiger partial charge is 0.128 e. The summed E-state index contributed by atoms with van der Waals surface area (Å²) >= 11 is 0. The molecule has 0 heterocycles. The lowest BCUT2D eigenvalue weighted by atomic mass is 10.0. The van der Waals surface area contributed by atoms with Crippen LogP contribution in [0.3, 0.4) is 0 Å². The van der Waals surface area contributed by atoms with Crippen molar-refractivity contribution in [2.45, 2.75) is 39.3 Å². The van der Waals surface area contributed by atoms with Gasteiger partial charge in [0.05, 0.1) is 6.61 Å². The Morgan fingerprint density at radius 2 is 2.05 bits per heavy atom.